The molecule has 0 N–H and O–H groups in total. The molecule has 4 rings (SSSR count). The number of nitrogens with zero attached hydrogens (tertiary/aromatic N) is 3. The van der Waals surface area contributed by atoms with Crippen molar-refractivity contribution in [3.05, 3.63) is 74.8 Å². The molecule has 1 atom stereocenters. The molecule has 27 heavy (non-hydrogen) atoms. The Hall–Kier alpha value is -1.70. The van der Waals surface area contributed by atoms with Crippen LogP contribution in [-0.2, 0) is 4.79 Å². The SMILES string of the molecule is Cc1cc(-c2ccccc2)nc(N2C(=O)CSC2c2c(Br)cccc2Br)n1. The predicted octanol–water partition coefficient (Wildman–Crippen LogP) is 5.76. The lowest BCUT2D eigenvalue weighted by molar-refractivity contribution is -0.115. The quantitative estimate of drug-likeness (QED) is 0.455. The average molecular weight is 505 g/mol. The van der Waals surface area contributed by atoms with Gasteiger partial charge in [0.1, 0.15) is 5.37 Å². The zero-order valence-corrected chi connectivity index (χ0v) is 18.4. The summed E-state index contributed by atoms with van der Waals surface area (Å²) >= 11 is 8.82. The van der Waals surface area contributed by atoms with E-state index < -0.39 is 0 Å². The third kappa shape index (κ3) is 3.68. The number of aromatic nitrogens is 2. The van der Waals surface area contributed by atoms with Gasteiger partial charge < -0.3 is 0 Å². The van der Waals surface area contributed by atoms with Crippen LogP contribution in [0.3, 0.4) is 0 Å². The van der Waals surface area contributed by atoms with Crippen LogP contribution in [0.1, 0.15) is 16.6 Å². The number of anilines is 1. The van der Waals surface area contributed by atoms with Gasteiger partial charge in [-0.3, -0.25) is 9.69 Å². The van der Waals surface area contributed by atoms with E-state index in [1.54, 1.807) is 16.7 Å². The summed E-state index contributed by atoms with van der Waals surface area (Å²) in [6, 6.07) is 17.8. The molecule has 1 unspecified atom stereocenters. The van der Waals surface area contributed by atoms with Crippen molar-refractivity contribution in [1.82, 2.24) is 9.97 Å². The summed E-state index contributed by atoms with van der Waals surface area (Å²) < 4.78 is 1.90. The van der Waals surface area contributed by atoms with Gasteiger partial charge in [0.05, 0.1) is 11.4 Å². The largest absolute Gasteiger partial charge is 0.273 e. The molecule has 2 aromatic carbocycles. The minimum atomic E-state index is -0.187. The summed E-state index contributed by atoms with van der Waals surface area (Å²) in [4.78, 5) is 23.7. The molecule has 0 saturated carbocycles. The van der Waals surface area contributed by atoms with Gasteiger partial charge in [0, 0.05) is 25.8 Å². The number of hydrogen-bond donors (Lipinski definition) is 0. The highest BCUT2D eigenvalue weighted by molar-refractivity contribution is 9.11. The molecule has 0 spiro atoms. The number of carbonyl (C=O) groups is 1. The van der Waals surface area contributed by atoms with Crippen LogP contribution in [-0.4, -0.2) is 21.6 Å². The van der Waals surface area contributed by atoms with E-state index in [2.05, 4.69) is 36.8 Å². The molecule has 1 amide bonds. The van der Waals surface area contributed by atoms with Gasteiger partial charge in [-0.15, -0.1) is 11.8 Å². The number of hydrogen-bond acceptors (Lipinski definition) is 4. The maximum atomic E-state index is 12.7. The fourth-order valence-corrected chi connectivity index (χ4v) is 5.97. The molecular formula is C20H15Br2N3OS. The molecule has 0 radical (unpaired) electrons. The number of amides is 1. The van der Waals surface area contributed by atoms with Crippen LogP contribution in [0.4, 0.5) is 5.95 Å². The van der Waals surface area contributed by atoms with Crippen LogP contribution in [0, 0.1) is 6.92 Å². The lowest BCUT2D eigenvalue weighted by Crippen LogP contribution is -2.30. The molecule has 0 aliphatic carbocycles. The molecule has 0 bridgehead atoms. The van der Waals surface area contributed by atoms with Crippen molar-refractivity contribution in [3.63, 3.8) is 0 Å². The van der Waals surface area contributed by atoms with Crippen molar-refractivity contribution in [1.29, 1.82) is 0 Å². The molecule has 2 heterocycles. The maximum absolute atomic E-state index is 12.7. The Morgan fingerprint density at radius 1 is 1.04 bits per heavy atom. The van der Waals surface area contributed by atoms with E-state index in [0.29, 0.717) is 11.7 Å². The first-order valence-corrected chi connectivity index (χ1v) is 11.0. The third-order valence-corrected chi connectivity index (χ3v) is 6.80. The van der Waals surface area contributed by atoms with E-state index >= 15 is 0 Å². The highest BCUT2D eigenvalue weighted by Crippen LogP contribution is 2.46. The van der Waals surface area contributed by atoms with Gasteiger partial charge in [0.2, 0.25) is 11.9 Å². The molecule has 1 aliphatic rings. The second-order valence-corrected chi connectivity index (χ2v) is 8.90. The predicted molar refractivity (Wildman–Crippen MR) is 117 cm³/mol. The summed E-state index contributed by atoms with van der Waals surface area (Å²) in [6.45, 7) is 1.93. The van der Waals surface area contributed by atoms with E-state index in [1.165, 1.54) is 0 Å². The minimum absolute atomic E-state index is 0.0114. The summed E-state index contributed by atoms with van der Waals surface area (Å²) in [5.41, 5.74) is 3.66. The Balaban J connectivity index is 1.81. The molecule has 1 aliphatic heterocycles. The molecule has 1 aromatic heterocycles. The van der Waals surface area contributed by atoms with Crippen LogP contribution >= 0.6 is 43.6 Å². The topological polar surface area (TPSA) is 46.1 Å². The zero-order valence-electron chi connectivity index (χ0n) is 14.4. The van der Waals surface area contributed by atoms with Gasteiger partial charge in [-0.1, -0.05) is 68.3 Å². The molecule has 3 aromatic rings. The van der Waals surface area contributed by atoms with Gasteiger partial charge in [0.15, 0.2) is 0 Å². The summed E-state index contributed by atoms with van der Waals surface area (Å²) in [7, 11) is 0. The zero-order chi connectivity index (χ0) is 19.0. The molecule has 1 saturated heterocycles. The second kappa shape index (κ2) is 7.73. The van der Waals surface area contributed by atoms with Crippen LogP contribution in [0.25, 0.3) is 11.3 Å². The second-order valence-electron chi connectivity index (χ2n) is 6.12. The molecule has 7 heteroatoms. The molecule has 1 fully saturated rings. The van der Waals surface area contributed by atoms with E-state index in [1.807, 2.05) is 61.5 Å². The Morgan fingerprint density at radius 2 is 1.74 bits per heavy atom. The molecule has 4 nitrogen and oxygen atoms in total. The van der Waals surface area contributed by atoms with Gasteiger partial charge in [-0.25, -0.2) is 9.97 Å². The van der Waals surface area contributed by atoms with Crippen molar-refractivity contribution < 1.29 is 4.79 Å². The standard InChI is InChI=1S/C20H15Br2N3OS/c1-12-10-16(13-6-3-2-4-7-13)24-20(23-12)25-17(26)11-27-19(25)18-14(21)8-5-9-15(18)22/h2-10,19H,11H2,1H3. The van der Waals surface area contributed by atoms with E-state index in [-0.39, 0.29) is 11.3 Å². The van der Waals surface area contributed by atoms with Gasteiger partial charge >= 0.3 is 0 Å². The molecule has 136 valence electrons. The van der Waals surface area contributed by atoms with E-state index in [0.717, 1.165) is 31.5 Å². The van der Waals surface area contributed by atoms with Crippen LogP contribution in [0.2, 0.25) is 0 Å². The van der Waals surface area contributed by atoms with Gasteiger partial charge in [-0.05, 0) is 25.1 Å². The number of benzene rings is 2. The summed E-state index contributed by atoms with van der Waals surface area (Å²) in [5, 5.41) is -0.187. The number of aryl methyl sites for hydroxylation is 1. The first kappa shape index (κ1) is 18.7. The Morgan fingerprint density at radius 3 is 2.44 bits per heavy atom. The first-order valence-electron chi connectivity index (χ1n) is 8.33. The fraction of sp³-hybridized carbons (Fsp3) is 0.150. The summed E-state index contributed by atoms with van der Waals surface area (Å²) in [6.07, 6.45) is 0. The van der Waals surface area contributed by atoms with Crippen molar-refractivity contribution >= 4 is 55.5 Å². The normalized spacial score (nSPS) is 16.8. The summed E-state index contributed by atoms with van der Waals surface area (Å²) in [5.74, 6) is 0.852. The van der Waals surface area contributed by atoms with Gasteiger partial charge in [0.25, 0.3) is 0 Å². The van der Waals surface area contributed by atoms with Crippen molar-refractivity contribution in [3.8, 4) is 11.3 Å². The van der Waals surface area contributed by atoms with Crippen molar-refractivity contribution in [2.45, 2.75) is 12.3 Å². The fourth-order valence-electron chi connectivity index (χ4n) is 3.02. The third-order valence-electron chi connectivity index (χ3n) is 4.24. The number of thioether (sulfide) groups is 1. The Labute approximate surface area is 178 Å². The number of rotatable bonds is 3. The highest BCUT2D eigenvalue weighted by atomic mass is 79.9. The van der Waals surface area contributed by atoms with Crippen LogP contribution in [0.5, 0.6) is 0 Å². The molecular weight excluding hydrogens is 490 g/mol. The average Bonchev–Trinajstić information content (AvgIpc) is 3.03. The first-order chi connectivity index (χ1) is 13.0. The van der Waals surface area contributed by atoms with Crippen LogP contribution in [0.15, 0.2) is 63.5 Å². The lowest BCUT2D eigenvalue weighted by atomic mass is 10.1. The van der Waals surface area contributed by atoms with E-state index in [4.69, 9.17) is 4.98 Å². The number of halogens is 2. The lowest BCUT2D eigenvalue weighted by Gasteiger charge is -2.24. The monoisotopic (exact) mass is 503 g/mol. The van der Waals surface area contributed by atoms with Gasteiger partial charge in [-0.2, -0.15) is 0 Å². The van der Waals surface area contributed by atoms with Crippen LogP contribution < -0.4 is 4.90 Å². The Bertz CT molecular complexity index is 993. The highest BCUT2D eigenvalue weighted by Gasteiger charge is 2.38. The van der Waals surface area contributed by atoms with Crippen molar-refractivity contribution in [2.24, 2.45) is 0 Å². The smallest absolute Gasteiger partial charge is 0.240 e. The van der Waals surface area contributed by atoms with E-state index in [9.17, 15) is 4.79 Å². The Kier molecular flexibility index (Phi) is 5.34. The number of carbonyl (C=O) groups excluding carboxylic acids is 1. The maximum Gasteiger partial charge on any atom is 0.240 e. The minimum Gasteiger partial charge on any atom is -0.273 e. The van der Waals surface area contributed by atoms with Crippen molar-refractivity contribution in [2.75, 3.05) is 10.7 Å².